The summed E-state index contributed by atoms with van der Waals surface area (Å²) in [4.78, 5) is 25.3. The third kappa shape index (κ3) is 6.40. The molecular weight excluding hydrogens is 735 g/mol. The van der Waals surface area contributed by atoms with Gasteiger partial charge in [-0.2, -0.15) is 0 Å². The first-order chi connectivity index (χ1) is 29.7. The van der Waals surface area contributed by atoms with Gasteiger partial charge in [0.05, 0.1) is 22.1 Å². The van der Waals surface area contributed by atoms with E-state index < -0.39 is 0 Å². The molecule has 0 amide bonds. The van der Waals surface area contributed by atoms with E-state index in [0.29, 0.717) is 17.5 Å². The van der Waals surface area contributed by atoms with Gasteiger partial charge in [-0.05, 0) is 59.7 Å². The van der Waals surface area contributed by atoms with Gasteiger partial charge in [0.1, 0.15) is 11.6 Å². The van der Waals surface area contributed by atoms with Crippen LogP contribution in [0.15, 0.2) is 212 Å². The Morgan fingerprint density at radius 1 is 0.250 bits per heavy atom. The van der Waals surface area contributed by atoms with Crippen LogP contribution in [0.25, 0.3) is 102 Å². The Morgan fingerprint density at radius 3 is 1.17 bits per heavy atom. The predicted octanol–water partition coefficient (Wildman–Crippen LogP) is 12.6. The van der Waals surface area contributed by atoms with Crippen LogP contribution in [0.1, 0.15) is 0 Å². The molecule has 3 aromatic heterocycles. The quantitative estimate of drug-likeness (QED) is 0.154. The van der Waals surface area contributed by atoms with Crippen LogP contribution in [0.3, 0.4) is 0 Å². The smallest absolute Gasteiger partial charge is 0.164 e. The highest BCUT2D eigenvalue weighted by Gasteiger charge is 2.18. The number of benzene rings is 8. The van der Waals surface area contributed by atoms with Gasteiger partial charge in [-0.15, -0.1) is 0 Å². The van der Waals surface area contributed by atoms with Gasteiger partial charge in [0.2, 0.25) is 0 Å². The summed E-state index contributed by atoms with van der Waals surface area (Å²) in [6, 6.07) is 72.7. The maximum atomic E-state index is 5.17. The standard InChI is InChI=1S/C53H35N7/c1-5-15-37(16-6-1)49-56-50(58-51(57-49)39-29-31-41(32-30-39)53-54-45-23-13-14-24-47(45)59(53)43-19-9-3-10-20-43)38-27-25-36(26-28-38)42-33-34-48-46(35-42)55-52(40-17-7-2-8-18-40)60(48)44-21-11-4-12-22-44/h1-35H. The molecule has 11 rings (SSSR count). The van der Waals surface area contributed by atoms with Crippen LogP contribution in [0, 0.1) is 0 Å². The topological polar surface area (TPSA) is 74.3 Å². The molecule has 3 heterocycles. The highest BCUT2D eigenvalue weighted by atomic mass is 15.1. The molecule has 0 saturated carbocycles. The molecule has 0 atom stereocenters. The average molecular weight is 770 g/mol. The largest absolute Gasteiger partial charge is 0.292 e. The summed E-state index contributed by atoms with van der Waals surface area (Å²) in [7, 11) is 0. The summed E-state index contributed by atoms with van der Waals surface area (Å²) in [5, 5.41) is 0. The number of rotatable bonds is 8. The zero-order valence-corrected chi connectivity index (χ0v) is 32.3. The summed E-state index contributed by atoms with van der Waals surface area (Å²) in [5.74, 6) is 3.59. The van der Waals surface area contributed by atoms with Crippen molar-refractivity contribution in [2.24, 2.45) is 0 Å². The van der Waals surface area contributed by atoms with Crippen molar-refractivity contribution in [3.8, 4) is 79.4 Å². The first-order valence-corrected chi connectivity index (χ1v) is 19.9. The van der Waals surface area contributed by atoms with Crippen molar-refractivity contribution >= 4 is 22.1 Å². The Kier molecular flexibility index (Phi) is 8.67. The van der Waals surface area contributed by atoms with Crippen LogP contribution in [-0.2, 0) is 0 Å². The number of nitrogens with zero attached hydrogens (tertiary/aromatic N) is 7. The van der Waals surface area contributed by atoms with E-state index >= 15 is 0 Å². The number of para-hydroxylation sites is 4. The molecule has 0 radical (unpaired) electrons. The van der Waals surface area contributed by atoms with Crippen molar-refractivity contribution in [3.05, 3.63) is 212 Å². The van der Waals surface area contributed by atoms with E-state index in [1.807, 2.05) is 54.6 Å². The molecular formula is C53H35N7. The SMILES string of the molecule is c1ccc(-c2nc(-c3ccc(-c4ccc5c(c4)nc(-c4ccccc4)n5-c4ccccc4)cc3)nc(-c3ccc(-c4nc5ccccc5n4-c4ccccc4)cc3)n2)cc1. The van der Waals surface area contributed by atoms with Crippen LogP contribution in [0.2, 0.25) is 0 Å². The molecule has 0 fully saturated rings. The summed E-state index contributed by atoms with van der Waals surface area (Å²) in [6.07, 6.45) is 0. The lowest BCUT2D eigenvalue weighted by Crippen LogP contribution is -2.00. The minimum atomic E-state index is 0.597. The van der Waals surface area contributed by atoms with Crippen molar-refractivity contribution < 1.29 is 0 Å². The molecule has 7 nitrogen and oxygen atoms in total. The van der Waals surface area contributed by atoms with E-state index in [2.05, 4.69) is 167 Å². The molecule has 0 bridgehead atoms. The zero-order valence-electron chi connectivity index (χ0n) is 32.3. The van der Waals surface area contributed by atoms with Gasteiger partial charge in [-0.25, -0.2) is 24.9 Å². The van der Waals surface area contributed by atoms with Gasteiger partial charge < -0.3 is 0 Å². The predicted molar refractivity (Wildman–Crippen MR) is 242 cm³/mol. The molecule has 60 heavy (non-hydrogen) atoms. The maximum absolute atomic E-state index is 5.17. The minimum Gasteiger partial charge on any atom is -0.292 e. The Labute approximate surface area is 346 Å². The molecule has 0 aliphatic rings. The van der Waals surface area contributed by atoms with E-state index in [0.717, 1.165) is 84.0 Å². The molecule has 0 aliphatic carbocycles. The molecule has 0 aliphatic heterocycles. The number of hydrogen-bond donors (Lipinski definition) is 0. The lowest BCUT2D eigenvalue weighted by molar-refractivity contribution is 1.07. The first-order valence-electron chi connectivity index (χ1n) is 19.9. The monoisotopic (exact) mass is 769 g/mol. The Hall–Kier alpha value is -8.29. The highest BCUT2D eigenvalue weighted by Crippen LogP contribution is 2.34. The van der Waals surface area contributed by atoms with Gasteiger partial charge in [0.15, 0.2) is 17.5 Å². The zero-order chi connectivity index (χ0) is 39.8. The molecule has 0 unspecified atom stereocenters. The second kappa shape index (κ2) is 14.9. The van der Waals surface area contributed by atoms with Gasteiger partial charge in [0, 0.05) is 39.2 Å². The fourth-order valence-corrected chi connectivity index (χ4v) is 7.87. The summed E-state index contributed by atoms with van der Waals surface area (Å²) >= 11 is 0. The number of aromatic nitrogens is 7. The molecule has 0 saturated heterocycles. The average Bonchev–Trinajstić information content (AvgIpc) is 3.92. The van der Waals surface area contributed by atoms with Crippen LogP contribution in [0.5, 0.6) is 0 Å². The molecule has 11 aromatic rings. The third-order valence-electron chi connectivity index (χ3n) is 10.8. The summed E-state index contributed by atoms with van der Waals surface area (Å²) in [6.45, 7) is 0. The van der Waals surface area contributed by atoms with E-state index in [-0.39, 0.29) is 0 Å². The number of fused-ring (bicyclic) bond motifs is 2. The van der Waals surface area contributed by atoms with Crippen LogP contribution in [0.4, 0.5) is 0 Å². The van der Waals surface area contributed by atoms with Gasteiger partial charge in [-0.3, -0.25) is 9.13 Å². The van der Waals surface area contributed by atoms with Gasteiger partial charge >= 0.3 is 0 Å². The fraction of sp³-hybridized carbons (Fsp3) is 0. The van der Waals surface area contributed by atoms with E-state index in [1.165, 1.54) is 0 Å². The van der Waals surface area contributed by atoms with Crippen molar-refractivity contribution in [1.29, 1.82) is 0 Å². The van der Waals surface area contributed by atoms with Crippen molar-refractivity contribution in [1.82, 2.24) is 34.1 Å². The summed E-state index contributed by atoms with van der Waals surface area (Å²) < 4.78 is 4.44. The van der Waals surface area contributed by atoms with Crippen LogP contribution < -0.4 is 0 Å². The number of hydrogen-bond acceptors (Lipinski definition) is 5. The van der Waals surface area contributed by atoms with Crippen LogP contribution >= 0.6 is 0 Å². The highest BCUT2D eigenvalue weighted by molar-refractivity contribution is 5.88. The molecule has 0 spiro atoms. The Morgan fingerprint density at radius 2 is 0.617 bits per heavy atom. The molecule has 0 N–H and O–H groups in total. The maximum Gasteiger partial charge on any atom is 0.164 e. The second-order valence-electron chi connectivity index (χ2n) is 14.6. The lowest BCUT2D eigenvalue weighted by atomic mass is 10.0. The third-order valence-corrected chi connectivity index (χ3v) is 10.8. The minimum absolute atomic E-state index is 0.597. The molecule has 7 heteroatoms. The normalized spacial score (nSPS) is 11.3. The Bertz CT molecular complexity index is 3270. The van der Waals surface area contributed by atoms with E-state index in [9.17, 15) is 0 Å². The molecule has 282 valence electrons. The van der Waals surface area contributed by atoms with Crippen LogP contribution in [-0.4, -0.2) is 34.1 Å². The number of imidazole rings is 2. The Balaban J connectivity index is 0.953. The van der Waals surface area contributed by atoms with E-state index in [4.69, 9.17) is 24.9 Å². The first kappa shape index (κ1) is 34.9. The summed E-state index contributed by atoms with van der Waals surface area (Å²) in [5.41, 5.74) is 13.0. The fourth-order valence-electron chi connectivity index (χ4n) is 7.87. The second-order valence-corrected chi connectivity index (χ2v) is 14.6. The van der Waals surface area contributed by atoms with Crippen molar-refractivity contribution in [2.45, 2.75) is 0 Å². The van der Waals surface area contributed by atoms with Gasteiger partial charge in [-0.1, -0.05) is 164 Å². The lowest BCUT2D eigenvalue weighted by Gasteiger charge is -2.11. The van der Waals surface area contributed by atoms with Crippen molar-refractivity contribution in [2.75, 3.05) is 0 Å². The van der Waals surface area contributed by atoms with Crippen molar-refractivity contribution in [3.63, 3.8) is 0 Å². The van der Waals surface area contributed by atoms with Gasteiger partial charge in [0.25, 0.3) is 0 Å². The molecule has 8 aromatic carbocycles. The van der Waals surface area contributed by atoms with E-state index in [1.54, 1.807) is 0 Å².